The molecule has 1 aliphatic carbocycles. The minimum atomic E-state index is -0.233. The third-order valence-electron chi connectivity index (χ3n) is 5.48. The summed E-state index contributed by atoms with van der Waals surface area (Å²) in [6, 6.07) is 7.01. The molecule has 1 aromatic rings. The van der Waals surface area contributed by atoms with Crippen LogP contribution in [0.1, 0.15) is 50.5 Å². The van der Waals surface area contributed by atoms with Gasteiger partial charge in [0.25, 0.3) is 0 Å². The lowest BCUT2D eigenvalue weighted by Crippen LogP contribution is -2.47. The number of urea groups is 1. The number of nitrogens with zero attached hydrogens (tertiary/aromatic N) is 1. The van der Waals surface area contributed by atoms with Gasteiger partial charge in [-0.3, -0.25) is 0 Å². The molecule has 1 aliphatic heterocycles. The van der Waals surface area contributed by atoms with E-state index in [0.29, 0.717) is 24.6 Å². The Morgan fingerprint density at radius 2 is 1.84 bits per heavy atom. The van der Waals surface area contributed by atoms with Crippen molar-refractivity contribution in [1.82, 2.24) is 15.5 Å². The molecule has 25 heavy (non-hydrogen) atoms. The van der Waals surface area contributed by atoms with Gasteiger partial charge in [0.1, 0.15) is 5.82 Å². The first-order valence-corrected chi connectivity index (χ1v) is 9.72. The van der Waals surface area contributed by atoms with Crippen molar-refractivity contribution in [1.29, 1.82) is 0 Å². The smallest absolute Gasteiger partial charge is 0.317 e. The number of carbonyl (C=O) groups excluding carboxylic acids is 1. The van der Waals surface area contributed by atoms with E-state index < -0.39 is 0 Å². The van der Waals surface area contributed by atoms with Gasteiger partial charge in [-0.15, -0.1) is 0 Å². The van der Waals surface area contributed by atoms with E-state index in [1.54, 1.807) is 12.1 Å². The van der Waals surface area contributed by atoms with Crippen molar-refractivity contribution in [3.63, 3.8) is 0 Å². The van der Waals surface area contributed by atoms with Crippen molar-refractivity contribution in [2.75, 3.05) is 19.6 Å². The number of piperidine rings is 1. The number of benzene rings is 1. The Morgan fingerprint density at radius 3 is 2.56 bits per heavy atom. The summed E-state index contributed by atoms with van der Waals surface area (Å²) in [5, 5.41) is 6.56. The molecule has 0 atom stereocenters. The molecule has 0 radical (unpaired) electrons. The lowest BCUT2D eigenvalue weighted by molar-refractivity contribution is 0.169. The van der Waals surface area contributed by atoms with Gasteiger partial charge in [0.05, 0.1) is 6.54 Å². The molecule has 0 spiro atoms. The summed E-state index contributed by atoms with van der Waals surface area (Å²) in [4.78, 5) is 14.7. The number of hydrogen-bond donors (Lipinski definition) is 2. The molecule has 2 amide bonds. The van der Waals surface area contributed by atoms with E-state index in [9.17, 15) is 9.18 Å². The fraction of sp³-hybridized carbons (Fsp3) is 0.650. The third kappa shape index (κ3) is 5.43. The molecule has 3 rings (SSSR count). The molecule has 0 bridgehead atoms. The highest BCUT2D eigenvalue weighted by atomic mass is 19.1. The van der Waals surface area contributed by atoms with Crippen LogP contribution in [0, 0.1) is 11.7 Å². The van der Waals surface area contributed by atoms with Crippen molar-refractivity contribution in [3.05, 3.63) is 35.6 Å². The van der Waals surface area contributed by atoms with Gasteiger partial charge in [-0.25, -0.2) is 9.18 Å². The summed E-state index contributed by atoms with van der Waals surface area (Å²) >= 11 is 0. The molecule has 1 heterocycles. The molecular formula is C20H30FN3O. The fourth-order valence-corrected chi connectivity index (χ4v) is 3.94. The summed E-state index contributed by atoms with van der Waals surface area (Å²) in [7, 11) is 0. The van der Waals surface area contributed by atoms with Gasteiger partial charge in [-0.2, -0.15) is 0 Å². The van der Waals surface area contributed by atoms with E-state index in [2.05, 4.69) is 10.6 Å². The topological polar surface area (TPSA) is 44.4 Å². The zero-order valence-corrected chi connectivity index (χ0v) is 15.0. The summed E-state index contributed by atoms with van der Waals surface area (Å²) in [5.41, 5.74) is 0.593. The highest BCUT2D eigenvalue weighted by molar-refractivity contribution is 5.74. The van der Waals surface area contributed by atoms with Crippen LogP contribution in [0.5, 0.6) is 0 Å². The Morgan fingerprint density at radius 1 is 1.12 bits per heavy atom. The summed E-state index contributed by atoms with van der Waals surface area (Å²) in [6.45, 7) is 3.05. The molecule has 2 aliphatic rings. The quantitative estimate of drug-likeness (QED) is 0.853. The van der Waals surface area contributed by atoms with Gasteiger partial charge in [-0.05, 0) is 50.8 Å². The number of carbonyl (C=O) groups is 1. The molecule has 1 aromatic carbocycles. The average molecular weight is 347 g/mol. The number of halogens is 1. The van der Waals surface area contributed by atoms with E-state index in [0.717, 1.165) is 38.8 Å². The molecule has 2 fully saturated rings. The van der Waals surface area contributed by atoms with Crippen LogP contribution in [-0.2, 0) is 6.54 Å². The molecule has 5 heteroatoms. The van der Waals surface area contributed by atoms with Crippen LogP contribution in [-0.4, -0.2) is 36.6 Å². The van der Waals surface area contributed by atoms with Crippen LogP contribution in [0.4, 0.5) is 9.18 Å². The first-order valence-electron chi connectivity index (χ1n) is 9.72. The van der Waals surface area contributed by atoms with Crippen molar-refractivity contribution in [3.8, 4) is 0 Å². The van der Waals surface area contributed by atoms with Crippen LogP contribution >= 0.6 is 0 Å². The number of hydrogen-bond acceptors (Lipinski definition) is 2. The Hall–Kier alpha value is -1.62. The maximum Gasteiger partial charge on any atom is 0.317 e. The summed E-state index contributed by atoms with van der Waals surface area (Å²) in [6.07, 6.45) is 7.91. The van der Waals surface area contributed by atoms with Crippen molar-refractivity contribution in [2.24, 2.45) is 5.92 Å². The van der Waals surface area contributed by atoms with Gasteiger partial charge in [-0.1, -0.05) is 37.5 Å². The van der Waals surface area contributed by atoms with E-state index in [1.807, 2.05) is 11.0 Å². The Balaban J connectivity index is 1.66. The monoisotopic (exact) mass is 347 g/mol. The number of nitrogens with one attached hydrogen (secondary N) is 2. The second-order valence-electron chi connectivity index (χ2n) is 7.45. The minimum Gasteiger partial charge on any atom is -0.335 e. The molecule has 0 unspecified atom stereocenters. The van der Waals surface area contributed by atoms with Crippen LogP contribution in [0.25, 0.3) is 0 Å². The summed E-state index contributed by atoms with van der Waals surface area (Å²) in [5.74, 6) is 0.258. The maximum atomic E-state index is 14.1. The average Bonchev–Trinajstić information content (AvgIpc) is 2.64. The largest absolute Gasteiger partial charge is 0.335 e. The van der Waals surface area contributed by atoms with E-state index in [1.165, 1.54) is 25.3 Å². The first-order chi connectivity index (χ1) is 12.2. The maximum absolute atomic E-state index is 14.1. The Bertz CT molecular complexity index is 554. The van der Waals surface area contributed by atoms with Crippen LogP contribution in [0.2, 0.25) is 0 Å². The van der Waals surface area contributed by atoms with E-state index in [4.69, 9.17) is 0 Å². The van der Waals surface area contributed by atoms with Crippen molar-refractivity contribution in [2.45, 2.75) is 57.5 Å². The van der Waals surface area contributed by atoms with Crippen molar-refractivity contribution >= 4 is 6.03 Å². The second kappa shape index (κ2) is 9.18. The Kier molecular flexibility index (Phi) is 6.68. The van der Waals surface area contributed by atoms with Gasteiger partial charge in [0.15, 0.2) is 0 Å². The summed E-state index contributed by atoms with van der Waals surface area (Å²) < 4.78 is 14.1. The lowest BCUT2D eigenvalue weighted by Gasteiger charge is -2.32. The highest BCUT2D eigenvalue weighted by Gasteiger charge is 2.24. The molecule has 1 saturated heterocycles. The molecule has 2 N–H and O–H groups in total. The predicted molar refractivity (Wildman–Crippen MR) is 97.8 cm³/mol. The normalized spacial score (nSPS) is 19.6. The second-order valence-corrected chi connectivity index (χ2v) is 7.45. The zero-order valence-electron chi connectivity index (χ0n) is 15.0. The fourth-order valence-electron chi connectivity index (χ4n) is 3.94. The zero-order chi connectivity index (χ0) is 17.5. The van der Waals surface area contributed by atoms with Gasteiger partial charge in [0, 0.05) is 18.2 Å². The number of amides is 2. The van der Waals surface area contributed by atoms with Gasteiger partial charge in [0.2, 0.25) is 0 Å². The van der Waals surface area contributed by atoms with E-state index in [-0.39, 0.29) is 17.9 Å². The van der Waals surface area contributed by atoms with Crippen LogP contribution < -0.4 is 10.6 Å². The van der Waals surface area contributed by atoms with Gasteiger partial charge < -0.3 is 15.5 Å². The standard InChI is InChI=1S/C20H30FN3O/c21-19-9-5-4-6-17(19)15-24(14-16-10-12-22-13-11-16)20(25)23-18-7-2-1-3-8-18/h4-6,9,16,18,22H,1-3,7-8,10-15H2,(H,23,25). The lowest BCUT2D eigenvalue weighted by atomic mass is 9.95. The molecular weight excluding hydrogens is 317 g/mol. The molecule has 1 saturated carbocycles. The van der Waals surface area contributed by atoms with Crippen LogP contribution in [0.3, 0.4) is 0 Å². The van der Waals surface area contributed by atoms with Crippen LogP contribution in [0.15, 0.2) is 24.3 Å². The SMILES string of the molecule is O=C(NC1CCCCC1)N(Cc1ccccc1F)CC1CCNCC1. The first kappa shape index (κ1) is 18.2. The Labute approximate surface area is 150 Å². The third-order valence-corrected chi connectivity index (χ3v) is 5.48. The van der Waals surface area contributed by atoms with Gasteiger partial charge >= 0.3 is 6.03 Å². The predicted octanol–water partition coefficient (Wildman–Crippen LogP) is 3.67. The molecule has 0 aromatic heterocycles. The highest BCUT2D eigenvalue weighted by Crippen LogP contribution is 2.20. The van der Waals surface area contributed by atoms with E-state index >= 15 is 0 Å². The minimum absolute atomic E-state index is 0.0336. The number of rotatable bonds is 5. The molecule has 138 valence electrons. The van der Waals surface area contributed by atoms with Crippen molar-refractivity contribution < 1.29 is 9.18 Å². The molecule has 4 nitrogen and oxygen atoms in total.